The average molecular weight is 291 g/mol. The standard InChI is InChI=1S/C14H26N2O2.ClH/c1-2-12-10-18-8-7-16(12)14(17)9-11-5-3-4-6-13(11)15;/h11-13H,2-10,15H2,1H3;1H. The summed E-state index contributed by atoms with van der Waals surface area (Å²) in [7, 11) is 0. The van der Waals surface area contributed by atoms with Gasteiger partial charge in [0.25, 0.3) is 0 Å². The monoisotopic (exact) mass is 290 g/mol. The summed E-state index contributed by atoms with van der Waals surface area (Å²) in [6.45, 7) is 4.24. The summed E-state index contributed by atoms with van der Waals surface area (Å²) in [5.74, 6) is 0.680. The molecule has 0 aromatic heterocycles. The third kappa shape index (κ3) is 4.33. The van der Waals surface area contributed by atoms with Gasteiger partial charge in [0.1, 0.15) is 0 Å². The Morgan fingerprint density at radius 2 is 2.11 bits per heavy atom. The van der Waals surface area contributed by atoms with Gasteiger partial charge in [0.2, 0.25) is 5.91 Å². The molecular weight excluding hydrogens is 264 g/mol. The maximum Gasteiger partial charge on any atom is 0.223 e. The lowest BCUT2D eigenvalue weighted by Crippen LogP contribution is -2.49. The summed E-state index contributed by atoms with van der Waals surface area (Å²) in [6, 6.07) is 0.495. The molecule has 1 aliphatic carbocycles. The van der Waals surface area contributed by atoms with Crippen molar-refractivity contribution in [2.45, 2.75) is 57.5 Å². The van der Waals surface area contributed by atoms with E-state index in [0.29, 0.717) is 25.6 Å². The lowest BCUT2D eigenvalue weighted by molar-refractivity contribution is -0.141. The van der Waals surface area contributed by atoms with Gasteiger partial charge in [-0.15, -0.1) is 12.4 Å². The number of nitrogens with zero attached hydrogens (tertiary/aromatic N) is 1. The predicted octanol–water partition coefficient (Wildman–Crippen LogP) is 1.95. The Kier molecular flexibility index (Phi) is 7.11. The van der Waals surface area contributed by atoms with Gasteiger partial charge in [-0.1, -0.05) is 19.8 Å². The van der Waals surface area contributed by atoms with Crippen molar-refractivity contribution < 1.29 is 9.53 Å². The Hall–Kier alpha value is -0.320. The highest BCUT2D eigenvalue weighted by Gasteiger charge is 2.30. The molecule has 1 amide bonds. The van der Waals surface area contributed by atoms with E-state index in [1.807, 2.05) is 4.90 Å². The molecule has 3 unspecified atom stereocenters. The molecule has 2 fully saturated rings. The summed E-state index contributed by atoms with van der Waals surface area (Å²) in [5, 5.41) is 0. The normalized spacial score (nSPS) is 31.7. The number of hydrogen-bond donors (Lipinski definition) is 1. The zero-order valence-electron chi connectivity index (χ0n) is 11.8. The van der Waals surface area contributed by atoms with Crippen LogP contribution in [0.4, 0.5) is 0 Å². The lowest BCUT2D eigenvalue weighted by Gasteiger charge is -2.37. The molecule has 19 heavy (non-hydrogen) atoms. The van der Waals surface area contributed by atoms with Crippen LogP contribution in [0.1, 0.15) is 45.4 Å². The van der Waals surface area contributed by atoms with Crippen molar-refractivity contribution in [1.29, 1.82) is 0 Å². The summed E-state index contributed by atoms with van der Waals surface area (Å²) in [4.78, 5) is 14.4. The van der Waals surface area contributed by atoms with Gasteiger partial charge in [-0.05, 0) is 25.2 Å². The minimum atomic E-state index is 0. The highest BCUT2D eigenvalue weighted by molar-refractivity contribution is 5.85. The molecule has 112 valence electrons. The van der Waals surface area contributed by atoms with Crippen LogP contribution in [0.2, 0.25) is 0 Å². The minimum absolute atomic E-state index is 0. The van der Waals surface area contributed by atoms with E-state index in [0.717, 1.165) is 25.8 Å². The molecule has 2 rings (SSSR count). The number of rotatable bonds is 3. The van der Waals surface area contributed by atoms with Crippen LogP contribution in [-0.4, -0.2) is 42.6 Å². The van der Waals surface area contributed by atoms with Crippen LogP contribution in [0.5, 0.6) is 0 Å². The number of carbonyl (C=O) groups is 1. The maximum absolute atomic E-state index is 12.4. The number of amides is 1. The van der Waals surface area contributed by atoms with Crippen LogP contribution < -0.4 is 5.73 Å². The highest BCUT2D eigenvalue weighted by atomic mass is 35.5. The molecule has 2 N–H and O–H groups in total. The molecule has 5 heteroatoms. The third-order valence-electron chi connectivity index (χ3n) is 4.42. The number of nitrogens with two attached hydrogens (primary N) is 1. The molecule has 1 heterocycles. The SMILES string of the molecule is CCC1COCCN1C(=O)CC1CCCCC1N.Cl. The highest BCUT2D eigenvalue weighted by Crippen LogP contribution is 2.27. The number of carbonyl (C=O) groups excluding carboxylic acids is 1. The summed E-state index contributed by atoms with van der Waals surface area (Å²) in [5.41, 5.74) is 6.13. The van der Waals surface area contributed by atoms with Gasteiger partial charge in [0.05, 0.1) is 19.3 Å². The minimum Gasteiger partial charge on any atom is -0.377 e. The molecule has 0 spiro atoms. The lowest BCUT2D eigenvalue weighted by atomic mass is 9.82. The van der Waals surface area contributed by atoms with Crippen LogP contribution >= 0.6 is 12.4 Å². The van der Waals surface area contributed by atoms with Gasteiger partial charge in [-0.25, -0.2) is 0 Å². The van der Waals surface area contributed by atoms with E-state index < -0.39 is 0 Å². The Morgan fingerprint density at radius 3 is 2.79 bits per heavy atom. The van der Waals surface area contributed by atoms with Gasteiger partial charge >= 0.3 is 0 Å². The van der Waals surface area contributed by atoms with Gasteiger partial charge in [-0.2, -0.15) is 0 Å². The van der Waals surface area contributed by atoms with E-state index in [4.69, 9.17) is 10.5 Å². The van der Waals surface area contributed by atoms with E-state index in [1.54, 1.807) is 0 Å². The smallest absolute Gasteiger partial charge is 0.223 e. The average Bonchev–Trinajstić information content (AvgIpc) is 2.41. The van der Waals surface area contributed by atoms with Crippen molar-refractivity contribution in [3.05, 3.63) is 0 Å². The van der Waals surface area contributed by atoms with E-state index >= 15 is 0 Å². The van der Waals surface area contributed by atoms with Crippen LogP contribution in [-0.2, 0) is 9.53 Å². The van der Waals surface area contributed by atoms with Crippen molar-refractivity contribution in [3.8, 4) is 0 Å². The van der Waals surface area contributed by atoms with Crippen molar-refractivity contribution in [3.63, 3.8) is 0 Å². The van der Waals surface area contributed by atoms with Crippen LogP contribution in [0.25, 0.3) is 0 Å². The van der Waals surface area contributed by atoms with Crippen molar-refractivity contribution in [1.82, 2.24) is 4.90 Å². The zero-order chi connectivity index (χ0) is 13.0. The summed E-state index contributed by atoms with van der Waals surface area (Å²) < 4.78 is 5.45. The third-order valence-corrected chi connectivity index (χ3v) is 4.42. The van der Waals surface area contributed by atoms with E-state index in [2.05, 4.69) is 6.92 Å². The number of morpholine rings is 1. The Balaban J connectivity index is 0.00000180. The first kappa shape index (κ1) is 16.7. The summed E-state index contributed by atoms with van der Waals surface area (Å²) >= 11 is 0. The topological polar surface area (TPSA) is 55.6 Å². The quantitative estimate of drug-likeness (QED) is 0.864. The van der Waals surface area contributed by atoms with Gasteiger partial charge in [0, 0.05) is 19.0 Å². The predicted molar refractivity (Wildman–Crippen MR) is 78.4 cm³/mol. The van der Waals surface area contributed by atoms with Crippen LogP contribution in [0.15, 0.2) is 0 Å². The van der Waals surface area contributed by atoms with Crippen molar-refractivity contribution in [2.75, 3.05) is 19.8 Å². The zero-order valence-corrected chi connectivity index (χ0v) is 12.7. The first-order valence-electron chi connectivity index (χ1n) is 7.35. The van der Waals surface area contributed by atoms with Gasteiger partial charge in [0.15, 0.2) is 0 Å². The molecule has 0 bridgehead atoms. The summed E-state index contributed by atoms with van der Waals surface area (Å²) in [6.07, 6.45) is 6.26. The van der Waals surface area contributed by atoms with Gasteiger partial charge < -0.3 is 15.4 Å². The van der Waals surface area contributed by atoms with E-state index in [-0.39, 0.29) is 30.4 Å². The molecule has 0 aromatic rings. The fraction of sp³-hybridized carbons (Fsp3) is 0.929. The second-order valence-electron chi connectivity index (χ2n) is 5.64. The Labute approximate surface area is 122 Å². The fourth-order valence-electron chi connectivity index (χ4n) is 3.15. The molecule has 1 saturated heterocycles. The first-order chi connectivity index (χ1) is 8.72. The Bertz CT molecular complexity index is 289. The van der Waals surface area contributed by atoms with Crippen molar-refractivity contribution in [2.24, 2.45) is 11.7 Å². The molecule has 3 atom stereocenters. The second-order valence-corrected chi connectivity index (χ2v) is 5.64. The van der Waals surface area contributed by atoms with Crippen LogP contribution in [0.3, 0.4) is 0 Å². The fourth-order valence-corrected chi connectivity index (χ4v) is 3.15. The largest absolute Gasteiger partial charge is 0.377 e. The molecule has 4 nitrogen and oxygen atoms in total. The number of ether oxygens (including phenoxy) is 1. The second kappa shape index (κ2) is 8.08. The number of halogens is 1. The first-order valence-corrected chi connectivity index (χ1v) is 7.35. The molecule has 2 aliphatic rings. The molecular formula is C14H27ClN2O2. The molecule has 1 saturated carbocycles. The van der Waals surface area contributed by atoms with Crippen molar-refractivity contribution >= 4 is 18.3 Å². The van der Waals surface area contributed by atoms with Gasteiger partial charge in [-0.3, -0.25) is 4.79 Å². The van der Waals surface area contributed by atoms with Crippen LogP contribution in [0, 0.1) is 5.92 Å². The van der Waals surface area contributed by atoms with E-state index in [9.17, 15) is 4.79 Å². The maximum atomic E-state index is 12.4. The molecule has 1 aliphatic heterocycles. The van der Waals surface area contributed by atoms with E-state index in [1.165, 1.54) is 12.8 Å². The molecule has 0 radical (unpaired) electrons. The molecule has 0 aromatic carbocycles. The number of hydrogen-bond acceptors (Lipinski definition) is 3. The Morgan fingerprint density at radius 1 is 1.37 bits per heavy atom.